The molecule has 0 radical (unpaired) electrons. The molecule has 1 aromatic rings. The van der Waals surface area contributed by atoms with Gasteiger partial charge in [-0.3, -0.25) is 9.59 Å². The lowest BCUT2D eigenvalue weighted by molar-refractivity contribution is -0.120. The molecule has 0 spiro atoms. The molecule has 1 aromatic carbocycles. The largest absolute Gasteiger partial charge is 0.326 e. The van der Waals surface area contributed by atoms with E-state index in [4.69, 9.17) is 0 Å². The van der Waals surface area contributed by atoms with Crippen molar-refractivity contribution >= 4 is 35.6 Å². The molecule has 116 valence electrons. The molecular weight excluding hydrogens is 290 g/mol. The van der Waals surface area contributed by atoms with Crippen LogP contribution in [0, 0.1) is 12.8 Å². The van der Waals surface area contributed by atoms with Gasteiger partial charge in [0.25, 0.3) is 0 Å². The van der Waals surface area contributed by atoms with Crippen molar-refractivity contribution in [2.75, 3.05) is 23.7 Å². The summed E-state index contributed by atoms with van der Waals surface area (Å²) in [5.74, 6) is -0.0598. The minimum Gasteiger partial charge on any atom is -0.326 e. The van der Waals surface area contributed by atoms with Crippen LogP contribution in [0.2, 0.25) is 0 Å². The molecule has 0 aliphatic carbocycles. The predicted octanol–water partition coefficient (Wildman–Crippen LogP) is 2.31. The van der Waals surface area contributed by atoms with Crippen LogP contribution in [0.5, 0.6) is 0 Å². The third-order valence-corrected chi connectivity index (χ3v) is 3.48. The van der Waals surface area contributed by atoms with Gasteiger partial charge in [0.2, 0.25) is 11.8 Å². The summed E-state index contributed by atoms with van der Waals surface area (Å²) in [6.45, 7) is 5.12. The van der Waals surface area contributed by atoms with Crippen LogP contribution >= 0.6 is 12.4 Å². The number of piperidine rings is 1. The van der Waals surface area contributed by atoms with Gasteiger partial charge in [-0.15, -0.1) is 12.4 Å². The van der Waals surface area contributed by atoms with Crippen molar-refractivity contribution in [1.29, 1.82) is 0 Å². The van der Waals surface area contributed by atoms with E-state index in [1.165, 1.54) is 6.92 Å². The molecule has 3 N–H and O–H groups in total. The Morgan fingerprint density at radius 3 is 2.67 bits per heavy atom. The number of anilines is 2. The van der Waals surface area contributed by atoms with Gasteiger partial charge in [-0.1, -0.05) is 6.07 Å². The van der Waals surface area contributed by atoms with Gasteiger partial charge in [0.05, 0.1) is 5.92 Å². The Kier molecular flexibility index (Phi) is 6.65. The average Bonchev–Trinajstić information content (AvgIpc) is 2.43. The van der Waals surface area contributed by atoms with Crippen LogP contribution in [0.15, 0.2) is 18.2 Å². The first-order chi connectivity index (χ1) is 9.56. The normalized spacial score (nSPS) is 17.5. The van der Waals surface area contributed by atoms with Crippen molar-refractivity contribution in [3.8, 4) is 0 Å². The third-order valence-electron chi connectivity index (χ3n) is 3.48. The van der Waals surface area contributed by atoms with Crippen LogP contribution in [0.3, 0.4) is 0 Å². The van der Waals surface area contributed by atoms with Gasteiger partial charge in [0, 0.05) is 24.8 Å². The number of amides is 2. The van der Waals surface area contributed by atoms with Gasteiger partial charge in [-0.2, -0.15) is 0 Å². The monoisotopic (exact) mass is 311 g/mol. The number of carbonyl (C=O) groups excluding carboxylic acids is 2. The molecule has 1 heterocycles. The van der Waals surface area contributed by atoms with E-state index < -0.39 is 0 Å². The van der Waals surface area contributed by atoms with Crippen LogP contribution in [-0.2, 0) is 9.59 Å². The number of hydrogen-bond acceptors (Lipinski definition) is 3. The van der Waals surface area contributed by atoms with Crippen LogP contribution in [0.4, 0.5) is 11.4 Å². The summed E-state index contributed by atoms with van der Waals surface area (Å²) < 4.78 is 0. The van der Waals surface area contributed by atoms with Crippen LogP contribution in [-0.4, -0.2) is 24.9 Å². The summed E-state index contributed by atoms with van der Waals surface area (Å²) in [7, 11) is 0. The molecule has 6 heteroatoms. The lowest BCUT2D eigenvalue weighted by Crippen LogP contribution is -2.37. The number of aryl methyl sites for hydroxylation is 1. The van der Waals surface area contributed by atoms with E-state index in [0.717, 1.165) is 37.2 Å². The fourth-order valence-electron chi connectivity index (χ4n) is 2.35. The Morgan fingerprint density at radius 1 is 1.29 bits per heavy atom. The summed E-state index contributed by atoms with van der Waals surface area (Å²) in [6.07, 6.45) is 1.95. The molecule has 1 unspecified atom stereocenters. The van der Waals surface area contributed by atoms with Crippen LogP contribution < -0.4 is 16.0 Å². The Balaban J connectivity index is 0.00000220. The predicted molar refractivity (Wildman–Crippen MR) is 87.0 cm³/mol. The highest BCUT2D eigenvalue weighted by Crippen LogP contribution is 2.22. The highest BCUT2D eigenvalue weighted by Gasteiger charge is 2.21. The zero-order valence-corrected chi connectivity index (χ0v) is 13.2. The van der Waals surface area contributed by atoms with Crippen molar-refractivity contribution in [2.24, 2.45) is 5.92 Å². The average molecular weight is 312 g/mol. The maximum absolute atomic E-state index is 12.2. The molecule has 5 nitrogen and oxygen atoms in total. The van der Waals surface area contributed by atoms with Crippen LogP contribution in [0.25, 0.3) is 0 Å². The van der Waals surface area contributed by atoms with E-state index >= 15 is 0 Å². The molecule has 0 aromatic heterocycles. The van der Waals surface area contributed by atoms with Gasteiger partial charge in [-0.25, -0.2) is 0 Å². The number of halogens is 1. The van der Waals surface area contributed by atoms with E-state index in [-0.39, 0.29) is 30.1 Å². The minimum atomic E-state index is -0.123. The number of hydrogen-bond donors (Lipinski definition) is 3. The molecule has 2 amide bonds. The van der Waals surface area contributed by atoms with E-state index in [0.29, 0.717) is 5.69 Å². The Morgan fingerprint density at radius 2 is 2.05 bits per heavy atom. The van der Waals surface area contributed by atoms with Gasteiger partial charge < -0.3 is 16.0 Å². The molecular formula is C15H22ClN3O2. The first kappa shape index (κ1) is 17.5. The van der Waals surface area contributed by atoms with Gasteiger partial charge in [-0.05, 0) is 44.0 Å². The molecule has 2 rings (SSSR count). The van der Waals surface area contributed by atoms with E-state index in [9.17, 15) is 9.59 Å². The number of benzene rings is 1. The molecule has 0 saturated carbocycles. The second-order valence-corrected chi connectivity index (χ2v) is 5.24. The number of carbonyl (C=O) groups is 2. The zero-order valence-electron chi connectivity index (χ0n) is 12.4. The molecule has 1 saturated heterocycles. The molecule has 1 aliphatic heterocycles. The minimum absolute atomic E-state index is 0. The van der Waals surface area contributed by atoms with E-state index in [1.807, 2.05) is 19.1 Å². The Labute approximate surface area is 131 Å². The van der Waals surface area contributed by atoms with E-state index in [1.54, 1.807) is 6.07 Å². The number of rotatable bonds is 3. The van der Waals surface area contributed by atoms with Crippen molar-refractivity contribution in [1.82, 2.24) is 5.32 Å². The zero-order chi connectivity index (χ0) is 14.5. The van der Waals surface area contributed by atoms with E-state index in [2.05, 4.69) is 16.0 Å². The summed E-state index contributed by atoms with van der Waals surface area (Å²) >= 11 is 0. The summed E-state index contributed by atoms with van der Waals surface area (Å²) in [5.41, 5.74) is 2.43. The maximum atomic E-state index is 12.2. The second kappa shape index (κ2) is 8.00. The second-order valence-electron chi connectivity index (χ2n) is 5.24. The summed E-state index contributed by atoms with van der Waals surface area (Å²) in [6, 6.07) is 5.51. The first-order valence-electron chi connectivity index (χ1n) is 6.96. The lowest BCUT2D eigenvalue weighted by Gasteiger charge is -2.22. The third kappa shape index (κ3) is 5.02. The number of nitrogens with one attached hydrogen (secondary N) is 3. The Hall–Kier alpha value is -1.59. The fourth-order valence-corrected chi connectivity index (χ4v) is 2.35. The van der Waals surface area contributed by atoms with Gasteiger partial charge in [0.1, 0.15) is 0 Å². The van der Waals surface area contributed by atoms with Crippen molar-refractivity contribution < 1.29 is 9.59 Å². The molecule has 21 heavy (non-hydrogen) atoms. The lowest BCUT2D eigenvalue weighted by atomic mass is 9.98. The standard InChI is InChI=1S/C15H21N3O2.ClH/c1-10-5-6-13(17-11(2)19)8-14(10)18-15(20)12-4-3-7-16-9-12;/h5-6,8,12,16H,3-4,7,9H2,1-2H3,(H,17,19)(H,18,20);1H. The molecule has 1 atom stereocenters. The summed E-state index contributed by atoms with van der Waals surface area (Å²) in [4.78, 5) is 23.3. The van der Waals surface area contributed by atoms with Gasteiger partial charge in [0.15, 0.2) is 0 Å². The topological polar surface area (TPSA) is 70.2 Å². The molecule has 1 fully saturated rings. The highest BCUT2D eigenvalue weighted by atomic mass is 35.5. The SMILES string of the molecule is CC(=O)Nc1ccc(C)c(NC(=O)C2CCCNC2)c1.Cl. The van der Waals surface area contributed by atoms with Gasteiger partial charge >= 0.3 is 0 Å². The fraction of sp³-hybridized carbons (Fsp3) is 0.467. The first-order valence-corrected chi connectivity index (χ1v) is 6.96. The highest BCUT2D eigenvalue weighted by molar-refractivity contribution is 5.95. The van der Waals surface area contributed by atoms with Crippen LogP contribution in [0.1, 0.15) is 25.3 Å². The van der Waals surface area contributed by atoms with Crippen molar-refractivity contribution in [2.45, 2.75) is 26.7 Å². The summed E-state index contributed by atoms with van der Waals surface area (Å²) in [5, 5.41) is 8.92. The maximum Gasteiger partial charge on any atom is 0.228 e. The van der Waals surface area contributed by atoms with Crippen molar-refractivity contribution in [3.63, 3.8) is 0 Å². The quantitative estimate of drug-likeness (QED) is 0.802. The molecule has 1 aliphatic rings. The van der Waals surface area contributed by atoms with Crippen molar-refractivity contribution in [3.05, 3.63) is 23.8 Å². The molecule has 0 bridgehead atoms. The Bertz CT molecular complexity index is 514. The smallest absolute Gasteiger partial charge is 0.228 e.